The molecule has 4 nitrogen and oxygen atoms in total. The van der Waals surface area contributed by atoms with Crippen LogP contribution in [-0.4, -0.2) is 29.5 Å². The largest absolute Gasteiger partial charge is 0.294 e. The molecule has 0 saturated carbocycles. The number of nitrogens with zero attached hydrogens (tertiary/aromatic N) is 3. The predicted molar refractivity (Wildman–Crippen MR) is 111 cm³/mol. The molecule has 1 amide bonds. The monoisotopic (exact) mass is 373 g/mol. The minimum atomic E-state index is 0.0742. The zero-order valence-electron chi connectivity index (χ0n) is 15.2. The fourth-order valence-corrected chi connectivity index (χ4v) is 4.81. The Balaban J connectivity index is 1.45. The molecule has 0 bridgehead atoms. The lowest BCUT2D eigenvalue weighted by Crippen LogP contribution is -2.38. The third-order valence-corrected chi connectivity index (χ3v) is 6.55. The van der Waals surface area contributed by atoms with E-state index >= 15 is 0 Å². The van der Waals surface area contributed by atoms with Gasteiger partial charge in [0.1, 0.15) is 5.01 Å². The molecule has 4 aromatic rings. The van der Waals surface area contributed by atoms with Gasteiger partial charge in [0.25, 0.3) is 5.91 Å². The maximum absolute atomic E-state index is 13.0. The molecule has 0 fully saturated rings. The Hall–Kier alpha value is -2.76. The first-order chi connectivity index (χ1) is 13.1. The van der Waals surface area contributed by atoms with E-state index in [1.807, 2.05) is 54.4 Å². The van der Waals surface area contributed by atoms with Crippen LogP contribution in [-0.2, 0) is 0 Å². The number of para-hydroxylation sites is 1. The minimum absolute atomic E-state index is 0.0742. The van der Waals surface area contributed by atoms with E-state index in [9.17, 15) is 4.79 Å². The van der Waals surface area contributed by atoms with Gasteiger partial charge in [0.15, 0.2) is 0 Å². The summed E-state index contributed by atoms with van der Waals surface area (Å²) in [7, 11) is 2.05. The van der Waals surface area contributed by atoms with Crippen molar-refractivity contribution in [2.45, 2.75) is 13.0 Å². The molecule has 3 aromatic carbocycles. The van der Waals surface area contributed by atoms with Gasteiger partial charge in [-0.25, -0.2) is 4.98 Å². The maximum Gasteiger partial charge on any atom is 0.260 e. The van der Waals surface area contributed by atoms with Crippen molar-refractivity contribution in [2.75, 3.05) is 18.6 Å². The number of carbonyl (C=O) groups is 1. The lowest BCUT2D eigenvalue weighted by Gasteiger charge is -2.28. The van der Waals surface area contributed by atoms with Crippen molar-refractivity contribution in [2.24, 2.45) is 0 Å². The Kier molecular flexibility index (Phi) is 3.74. The number of amides is 1. The third-order valence-electron chi connectivity index (χ3n) is 5.34. The van der Waals surface area contributed by atoms with Crippen molar-refractivity contribution in [3.8, 4) is 0 Å². The first-order valence-corrected chi connectivity index (χ1v) is 9.84. The van der Waals surface area contributed by atoms with Gasteiger partial charge in [-0.2, -0.15) is 0 Å². The van der Waals surface area contributed by atoms with Crippen LogP contribution in [0.2, 0.25) is 0 Å². The predicted octanol–water partition coefficient (Wildman–Crippen LogP) is 5.06. The lowest BCUT2D eigenvalue weighted by atomic mass is 10.1. The maximum atomic E-state index is 13.0. The van der Waals surface area contributed by atoms with Gasteiger partial charge in [-0.1, -0.05) is 36.4 Å². The average Bonchev–Trinajstić information content (AvgIpc) is 3.24. The summed E-state index contributed by atoms with van der Waals surface area (Å²) in [6.07, 6.45) is 0. The van der Waals surface area contributed by atoms with Crippen LogP contribution in [0.25, 0.3) is 21.0 Å². The van der Waals surface area contributed by atoms with Gasteiger partial charge in [-0.05, 0) is 43.6 Å². The number of anilines is 1. The summed E-state index contributed by atoms with van der Waals surface area (Å²) in [6.45, 7) is 2.68. The van der Waals surface area contributed by atoms with Crippen LogP contribution in [0.1, 0.15) is 28.3 Å². The number of aromatic nitrogens is 1. The van der Waals surface area contributed by atoms with E-state index in [1.54, 1.807) is 11.3 Å². The van der Waals surface area contributed by atoms with Gasteiger partial charge in [-0.3, -0.25) is 14.6 Å². The van der Waals surface area contributed by atoms with E-state index in [-0.39, 0.29) is 11.9 Å². The normalized spacial score (nSPS) is 14.6. The van der Waals surface area contributed by atoms with Gasteiger partial charge < -0.3 is 0 Å². The van der Waals surface area contributed by atoms with Gasteiger partial charge >= 0.3 is 0 Å². The number of hydrogen-bond donors (Lipinski definition) is 0. The molecule has 0 N–H and O–H groups in total. The highest BCUT2D eigenvalue weighted by atomic mass is 32.1. The summed E-state index contributed by atoms with van der Waals surface area (Å²) in [5.41, 5.74) is 2.83. The molecule has 0 aliphatic carbocycles. The van der Waals surface area contributed by atoms with Crippen molar-refractivity contribution in [3.05, 3.63) is 71.2 Å². The number of fused-ring (bicyclic) bond motifs is 1. The molecule has 1 aliphatic rings. The Morgan fingerprint density at radius 2 is 1.85 bits per heavy atom. The van der Waals surface area contributed by atoms with E-state index < -0.39 is 0 Å². The SMILES string of the molecule is C[C@@H](c1nc2ccccc2s1)N(C)CN1C(=O)c2cccc3cccc1c23. The summed E-state index contributed by atoms with van der Waals surface area (Å²) >= 11 is 1.72. The Bertz CT molecular complexity index is 1140. The second kappa shape index (κ2) is 6.15. The zero-order valence-corrected chi connectivity index (χ0v) is 16.0. The van der Waals surface area contributed by atoms with E-state index in [2.05, 4.69) is 30.0 Å². The van der Waals surface area contributed by atoms with Crippen LogP contribution in [0.3, 0.4) is 0 Å². The lowest BCUT2D eigenvalue weighted by molar-refractivity contribution is 0.0972. The van der Waals surface area contributed by atoms with Crippen molar-refractivity contribution in [3.63, 3.8) is 0 Å². The molecule has 0 spiro atoms. The first-order valence-electron chi connectivity index (χ1n) is 9.03. The van der Waals surface area contributed by atoms with Crippen LogP contribution in [0, 0.1) is 0 Å². The van der Waals surface area contributed by atoms with Crippen LogP contribution >= 0.6 is 11.3 Å². The second-order valence-electron chi connectivity index (χ2n) is 7.01. The number of rotatable bonds is 4. The van der Waals surface area contributed by atoms with E-state index in [4.69, 9.17) is 4.98 Å². The summed E-state index contributed by atoms with van der Waals surface area (Å²) in [5, 5.41) is 3.25. The smallest absolute Gasteiger partial charge is 0.260 e. The molecule has 134 valence electrons. The van der Waals surface area contributed by atoms with E-state index in [1.165, 1.54) is 4.70 Å². The first kappa shape index (κ1) is 16.4. The van der Waals surface area contributed by atoms with Crippen molar-refractivity contribution in [1.82, 2.24) is 9.88 Å². The highest BCUT2D eigenvalue weighted by molar-refractivity contribution is 7.18. The van der Waals surface area contributed by atoms with Gasteiger partial charge in [-0.15, -0.1) is 11.3 Å². The van der Waals surface area contributed by atoms with Gasteiger partial charge in [0, 0.05) is 10.9 Å². The highest BCUT2D eigenvalue weighted by Crippen LogP contribution is 2.38. The summed E-state index contributed by atoms with van der Waals surface area (Å²) < 4.78 is 1.20. The molecule has 0 radical (unpaired) electrons. The fourth-order valence-electron chi connectivity index (χ4n) is 3.72. The van der Waals surface area contributed by atoms with Gasteiger partial charge in [0.2, 0.25) is 0 Å². The molecule has 5 heteroatoms. The molecule has 1 aromatic heterocycles. The summed E-state index contributed by atoms with van der Waals surface area (Å²) in [6, 6.07) is 20.4. The Labute approximate surface area is 161 Å². The van der Waals surface area contributed by atoms with Crippen LogP contribution < -0.4 is 4.90 Å². The third kappa shape index (κ3) is 2.54. The molecule has 5 rings (SSSR count). The second-order valence-corrected chi connectivity index (χ2v) is 8.07. The highest BCUT2D eigenvalue weighted by Gasteiger charge is 2.31. The molecular weight excluding hydrogens is 354 g/mol. The molecule has 0 saturated heterocycles. The van der Waals surface area contributed by atoms with Crippen LogP contribution in [0.15, 0.2) is 60.7 Å². The van der Waals surface area contributed by atoms with Crippen LogP contribution in [0.4, 0.5) is 5.69 Å². The van der Waals surface area contributed by atoms with Crippen LogP contribution in [0.5, 0.6) is 0 Å². The minimum Gasteiger partial charge on any atom is -0.294 e. The quantitative estimate of drug-likeness (QED) is 0.502. The average molecular weight is 373 g/mol. The van der Waals surface area contributed by atoms with Crippen molar-refractivity contribution < 1.29 is 4.79 Å². The fraction of sp³-hybridized carbons (Fsp3) is 0.182. The van der Waals surface area contributed by atoms with E-state index in [0.29, 0.717) is 6.67 Å². The molecule has 1 aliphatic heterocycles. The number of hydrogen-bond acceptors (Lipinski definition) is 4. The molecule has 2 heterocycles. The number of benzene rings is 3. The van der Waals surface area contributed by atoms with Crippen molar-refractivity contribution in [1.29, 1.82) is 0 Å². The van der Waals surface area contributed by atoms with Gasteiger partial charge in [0.05, 0.1) is 28.6 Å². The molecule has 1 atom stereocenters. The summed E-state index contributed by atoms with van der Waals surface area (Å²) in [4.78, 5) is 21.8. The standard InChI is InChI=1S/C22H19N3OS/c1-14(21-23-17-10-3-4-12-19(17)27-21)24(2)13-25-18-11-6-8-15-7-5-9-16(20(15)18)22(25)26/h3-12,14H,13H2,1-2H3/t14-/m0/s1. The Morgan fingerprint density at radius 3 is 2.67 bits per heavy atom. The van der Waals surface area contributed by atoms with Crippen molar-refractivity contribution >= 4 is 43.9 Å². The van der Waals surface area contributed by atoms with E-state index in [0.717, 1.165) is 32.5 Å². The number of thiazole rings is 1. The summed E-state index contributed by atoms with van der Waals surface area (Å²) in [5.74, 6) is 0.0742. The molecular formula is C22H19N3OS. The topological polar surface area (TPSA) is 36.4 Å². The zero-order chi connectivity index (χ0) is 18.5. The number of carbonyl (C=O) groups excluding carboxylic acids is 1. The molecule has 27 heavy (non-hydrogen) atoms. The molecule has 0 unspecified atom stereocenters. The Morgan fingerprint density at radius 1 is 1.07 bits per heavy atom.